The van der Waals surface area contributed by atoms with Gasteiger partial charge >= 0.3 is 0 Å². The summed E-state index contributed by atoms with van der Waals surface area (Å²) in [7, 11) is 8.43. The van der Waals surface area contributed by atoms with Gasteiger partial charge in [0.2, 0.25) is 23.5 Å². The zero-order valence-corrected chi connectivity index (χ0v) is 32.9. The second-order valence-electron chi connectivity index (χ2n) is 13.4. The molecule has 21 heteroatoms. The number of hydrogen-bond acceptors (Lipinski definition) is 9. The van der Waals surface area contributed by atoms with Crippen molar-refractivity contribution in [1.29, 1.82) is 0 Å². The number of anilines is 4. The van der Waals surface area contributed by atoms with Crippen molar-refractivity contribution in [1.82, 2.24) is 48.8 Å². The number of carbonyl (C=O) groups is 7. The third kappa shape index (κ3) is 10.9. The molecular formula is C37H46N14O7. The van der Waals surface area contributed by atoms with Gasteiger partial charge in [-0.05, 0) is 31.2 Å². The third-order valence-corrected chi connectivity index (χ3v) is 8.84. The fourth-order valence-corrected chi connectivity index (χ4v) is 5.73. The van der Waals surface area contributed by atoms with Crippen molar-refractivity contribution in [3.63, 3.8) is 0 Å². The second kappa shape index (κ2) is 18.5. The van der Waals surface area contributed by atoms with Gasteiger partial charge in [0.25, 0.3) is 23.6 Å². The van der Waals surface area contributed by atoms with Gasteiger partial charge in [-0.2, -0.15) is 0 Å². The van der Waals surface area contributed by atoms with Gasteiger partial charge in [0, 0.05) is 105 Å². The average molecular weight is 799 g/mol. The van der Waals surface area contributed by atoms with Gasteiger partial charge in [-0.1, -0.05) is 0 Å². The van der Waals surface area contributed by atoms with Gasteiger partial charge in [0.15, 0.2) is 11.6 Å². The molecule has 58 heavy (non-hydrogen) atoms. The van der Waals surface area contributed by atoms with Crippen LogP contribution in [0, 0.1) is 6.92 Å². The lowest BCUT2D eigenvalue weighted by atomic mass is 10.3. The molecule has 0 radical (unpaired) electrons. The molecule has 0 aliphatic heterocycles. The lowest BCUT2D eigenvalue weighted by molar-refractivity contribution is -0.121. The van der Waals surface area contributed by atoms with Gasteiger partial charge in [0.1, 0.15) is 22.9 Å². The number of imidazole rings is 2. The van der Waals surface area contributed by atoms with Gasteiger partial charge in [-0.15, -0.1) is 0 Å². The first kappa shape index (κ1) is 41.7. The van der Waals surface area contributed by atoms with Crippen LogP contribution < -0.4 is 37.2 Å². The molecule has 5 rings (SSSR count). The predicted octanol–water partition coefficient (Wildman–Crippen LogP) is 1.01. The monoisotopic (exact) mass is 798 g/mol. The minimum absolute atomic E-state index is 0.0135. The van der Waals surface area contributed by atoms with E-state index in [1.54, 1.807) is 72.6 Å². The average Bonchev–Trinajstić information content (AvgIpc) is 3.98. The number of amides is 7. The van der Waals surface area contributed by atoms with E-state index in [-0.39, 0.29) is 74.0 Å². The summed E-state index contributed by atoms with van der Waals surface area (Å²) < 4.78 is 7.96. The molecule has 5 aromatic rings. The summed E-state index contributed by atoms with van der Waals surface area (Å²) in [5.74, 6) is -1.67. The standard InChI is InChI=1S/C37H46N14O7/c1-22-41-28(20-48(22)3)46-36(57)27-16-23(18-50(27)5)42-31(53)11-14-40-35(56)26-17-24(19-49(26)4)43-37(58)33-45-29(21-51(33)6)44-32(54)10-12-38-30(52)9-13-39-34(55)25-8-7-15-47(25)2/h7-8,15-21H,9-14H2,1-6H3,(H,38,52)(H,39,55)(H,40,56)(H,42,53)(H,43,58)(H,44,54)(H,46,57). The molecule has 0 aromatic carbocycles. The number of aromatic nitrogens is 7. The van der Waals surface area contributed by atoms with E-state index in [1.807, 2.05) is 14.0 Å². The number of aryl methyl sites for hydroxylation is 6. The molecule has 0 aliphatic carbocycles. The smallest absolute Gasteiger partial charge is 0.291 e. The van der Waals surface area contributed by atoms with Crippen LogP contribution in [0.25, 0.3) is 0 Å². The molecule has 0 spiro atoms. The van der Waals surface area contributed by atoms with Crippen LogP contribution in [-0.2, 0) is 49.6 Å². The molecule has 0 bridgehead atoms. The van der Waals surface area contributed by atoms with Crippen molar-refractivity contribution in [2.75, 3.05) is 40.9 Å². The molecule has 0 atom stereocenters. The highest BCUT2D eigenvalue weighted by Gasteiger charge is 2.20. The van der Waals surface area contributed by atoms with Crippen LogP contribution in [0.4, 0.5) is 23.0 Å². The van der Waals surface area contributed by atoms with Crippen molar-refractivity contribution in [2.24, 2.45) is 35.2 Å². The molecular weight excluding hydrogens is 752 g/mol. The molecule has 7 amide bonds. The molecule has 0 saturated carbocycles. The maximum Gasteiger partial charge on any atom is 0.291 e. The van der Waals surface area contributed by atoms with Crippen molar-refractivity contribution in [3.8, 4) is 0 Å². The topological polar surface area (TPSA) is 254 Å². The van der Waals surface area contributed by atoms with E-state index in [9.17, 15) is 33.6 Å². The van der Waals surface area contributed by atoms with Gasteiger partial charge in [0.05, 0.1) is 11.4 Å². The van der Waals surface area contributed by atoms with E-state index in [4.69, 9.17) is 0 Å². The largest absolute Gasteiger partial charge is 0.356 e. The Labute approximate surface area is 332 Å². The van der Waals surface area contributed by atoms with Gasteiger partial charge in [-0.3, -0.25) is 33.6 Å². The Morgan fingerprint density at radius 2 is 1.05 bits per heavy atom. The van der Waals surface area contributed by atoms with Gasteiger partial charge in [-0.25, -0.2) is 9.97 Å². The van der Waals surface area contributed by atoms with Crippen molar-refractivity contribution in [3.05, 3.63) is 84.0 Å². The Morgan fingerprint density at radius 1 is 0.517 bits per heavy atom. The highest BCUT2D eigenvalue weighted by molar-refractivity contribution is 6.05. The summed E-state index contributed by atoms with van der Waals surface area (Å²) >= 11 is 0. The maximum atomic E-state index is 13.1. The summed E-state index contributed by atoms with van der Waals surface area (Å²) in [6.07, 6.45) is 7.96. The predicted molar refractivity (Wildman–Crippen MR) is 212 cm³/mol. The zero-order valence-electron chi connectivity index (χ0n) is 32.9. The number of hydrogen-bond donors (Lipinski definition) is 7. The Morgan fingerprint density at radius 3 is 1.66 bits per heavy atom. The molecule has 0 saturated heterocycles. The fourth-order valence-electron chi connectivity index (χ4n) is 5.73. The number of carbonyl (C=O) groups excluding carboxylic acids is 7. The van der Waals surface area contributed by atoms with Crippen LogP contribution in [0.3, 0.4) is 0 Å². The molecule has 0 aliphatic rings. The van der Waals surface area contributed by atoms with Crippen LogP contribution in [0.1, 0.15) is 67.2 Å². The van der Waals surface area contributed by atoms with E-state index in [2.05, 4.69) is 47.2 Å². The highest BCUT2D eigenvalue weighted by Crippen LogP contribution is 2.17. The number of nitrogens with one attached hydrogen (secondary N) is 7. The van der Waals surface area contributed by atoms with Crippen LogP contribution in [0.15, 0.2) is 55.2 Å². The Bertz CT molecular complexity index is 2340. The number of nitrogens with zero attached hydrogens (tertiary/aromatic N) is 7. The van der Waals surface area contributed by atoms with Crippen LogP contribution in [0.5, 0.6) is 0 Å². The van der Waals surface area contributed by atoms with Crippen molar-refractivity contribution >= 4 is 64.4 Å². The van der Waals surface area contributed by atoms with Crippen LogP contribution >= 0.6 is 0 Å². The highest BCUT2D eigenvalue weighted by atomic mass is 16.2. The van der Waals surface area contributed by atoms with Gasteiger partial charge < -0.3 is 60.1 Å². The Kier molecular flexibility index (Phi) is 13.3. The quantitative estimate of drug-likeness (QED) is 0.0708. The lowest BCUT2D eigenvalue weighted by Crippen LogP contribution is -2.32. The van der Waals surface area contributed by atoms with Crippen LogP contribution in [-0.4, -0.2) is 93.8 Å². The Balaban J connectivity index is 1.01. The summed E-state index contributed by atoms with van der Waals surface area (Å²) in [6, 6.07) is 6.41. The SMILES string of the molecule is Cc1nc(NC(=O)c2cc(NC(=O)CCNC(=O)c3cc(NC(=O)c4nc(NC(=O)CCNC(=O)CCNC(=O)c5cccn5C)cn4C)cn3C)cn2C)cn1C. The third-order valence-electron chi connectivity index (χ3n) is 8.84. The minimum Gasteiger partial charge on any atom is -0.356 e. The first-order valence-electron chi connectivity index (χ1n) is 18.1. The van der Waals surface area contributed by atoms with E-state index in [1.165, 1.54) is 33.7 Å². The first-order chi connectivity index (χ1) is 27.6. The van der Waals surface area contributed by atoms with E-state index < -0.39 is 23.6 Å². The summed E-state index contributed by atoms with van der Waals surface area (Å²) in [5.41, 5.74) is 1.72. The lowest BCUT2D eigenvalue weighted by Gasteiger charge is -2.07. The molecule has 5 heterocycles. The summed E-state index contributed by atoms with van der Waals surface area (Å²) in [4.78, 5) is 96.6. The number of rotatable bonds is 17. The van der Waals surface area contributed by atoms with E-state index >= 15 is 0 Å². The molecule has 306 valence electrons. The minimum atomic E-state index is -0.600. The maximum absolute atomic E-state index is 13.1. The fraction of sp³-hybridized carbons (Fsp3) is 0.324. The summed E-state index contributed by atoms with van der Waals surface area (Å²) in [5, 5.41) is 18.7. The second-order valence-corrected chi connectivity index (χ2v) is 13.4. The Hall–Kier alpha value is -7.45. The molecule has 21 nitrogen and oxygen atoms in total. The van der Waals surface area contributed by atoms with E-state index in [0.717, 1.165) is 5.82 Å². The van der Waals surface area contributed by atoms with Crippen LogP contribution in [0.2, 0.25) is 0 Å². The molecule has 7 N–H and O–H groups in total. The molecule has 0 unspecified atom stereocenters. The first-order valence-corrected chi connectivity index (χ1v) is 18.1. The molecule has 0 fully saturated rings. The van der Waals surface area contributed by atoms with Crippen molar-refractivity contribution < 1.29 is 33.6 Å². The zero-order chi connectivity index (χ0) is 42.1. The van der Waals surface area contributed by atoms with Crippen molar-refractivity contribution in [2.45, 2.75) is 26.2 Å². The summed E-state index contributed by atoms with van der Waals surface area (Å²) in [6.45, 7) is 2.02. The normalized spacial score (nSPS) is 10.8. The van der Waals surface area contributed by atoms with E-state index in [0.29, 0.717) is 28.6 Å². The molecule has 5 aromatic heterocycles.